The molecule has 0 saturated carbocycles. The molecule has 0 saturated heterocycles. The molecule has 0 amide bonds. The summed E-state index contributed by atoms with van der Waals surface area (Å²) in [5.74, 6) is 0.762. The summed E-state index contributed by atoms with van der Waals surface area (Å²) >= 11 is 6.50. The van der Waals surface area contributed by atoms with Crippen molar-refractivity contribution >= 4 is 24.0 Å². The fourth-order valence-corrected chi connectivity index (χ4v) is 1.25. The van der Waals surface area contributed by atoms with Crippen molar-refractivity contribution in [3.8, 4) is 0 Å². The molecule has 0 aliphatic carbocycles. The van der Waals surface area contributed by atoms with E-state index >= 15 is 0 Å². The van der Waals surface area contributed by atoms with Crippen LogP contribution in [0, 0.1) is 0 Å². The SMILES string of the molecule is [Li+].[S-]Cc1cccs1. The summed E-state index contributed by atoms with van der Waals surface area (Å²) in [6.07, 6.45) is 0. The largest absolute Gasteiger partial charge is 1.00 e. The first-order valence-corrected chi connectivity index (χ1v) is 3.49. The molecule has 38 valence electrons. The number of rotatable bonds is 1. The molecule has 0 aromatic carbocycles. The predicted octanol–water partition coefficient (Wildman–Crippen LogP) is -1.20. The van der Waals surface area contributed by atoms with Crippen molar-refractivity contribution in [1.29, 1.82) is 0 Å². The van der Waals surface area contributed by atoms with Gasteiger partial charge in [-0.25, -0.2) is 0 Å². The van der Waals surface area contributed by atoms with Crippen molar-refractivity contribution < 1.29 is 18.9 Å². The van der Waals surface area contributed by atoms with Crippen LogP contribution in [0.4, 0.5) is 0 Å². The third-order valence-electron chi connectivity index (χ3n) is 0.722. The first-order valence-electron chi connectivity index (χ1n) is 2.04. The van der Waals surface area contributed by atoms with Crippen molar-refractivity contribution in [2.24, 2.45) is 0 Å². The van der Waals surface area contributed by atoms with E-state index in [1.54, 1.807) is 11.3 Å². The second kappa shape index (κ2) is 4.52. The van der Waals surface area contributed by atoms with Gasteiger partial charge in [-0.2, -0.15) is 11.3 Å². The third-order valence-corrected chi connectivity index (χ3v) is 2.09. The van der Waals surface area contributed by atoms with Gasteiger partial charge in [-0.3, -0.25) is 0 Å². The summed E-state index contributed by atoms with van der Waals surface area (Å²) in [6.45, 7) is 0. The second-order valence-electron chi connectivity index (χ2n) is 1.22. The van der Waals surface area contributed by atoms with Gasteiger partial charge in [-0.15, -0.1) is 5.75 Å². The van der Waals surface area contributed by atoms with Gasteiger partial charge >= 0.3 is 18.9 Å². The second-order valence-corrected chi connectivity index (χ2v) is 2.54. The van der Waals surface area contributed by atoms with Crippen molar-refractivity contribution in [3.63, 3.8) is 0 Å². The Hall–Kier alpha value is 0.647. The molecule has 0 nitrogen and oxygen atoms in total. The zero-order valence-electron chi connectivity index (χ0n) is 4.76. The molecule has 8 heavy (non-hydrogen) atoms. The van der Waals surface area contributed by atoms with Crippen LogP contribution in [-0.4, -0.2) is 0 Å². The van der Waals surface area contributed by atoms with E-state index in [0.717, 1.165) is 5.75 Å². The molecular formula is C5H5LiS2. The maximum Gasteiger partial charge on any atom is 1.00 e. The van der Waals surface area contributed by atoms with Crippen molar-refractivity contribution in [1.82, 2.24) is 0 Å². The van der Waals surface area contributed by atoms with Gasteiger partial charge in [0.1, 0.15) is 0 Å². The molecule has 0 fully saturated rings. The van der Waals surface area contributed by atoms with Crippen LogP contribution < -0.4 is 18.9 Å². The maximum absolute atomic E-state index is 4.78. The van der Waals surface area contributed by atoms with Crippen LogP contribution in [0.15, 0.2) is 17.5 Å². The topological polar surface area (TPSA) is 0 Å². The summed E-state index contributed by atoms with van der Waals surface area (Å²) in [6, 6.07) is 4.07. The van der Waals surface area contributed by atoms with Gasteiger partial charge in [0.05, 0.1) is 0 Å². The Morgan fingerprint density at radius 1 is 1.62 bits per heavy atom. The summed E-state index contributed by atoms with van der Waals surface area (Å²) in [7, 11) is 0. The average molecular weight is 136 g/mol. The van der Waals surface area contributed by atoms with Crippen molar-refractivity contribution in [3.05, 3.63) is 22.4 Å². The Labute approximate surface area is 70.9 Å². The molecule has 3 heteroatoms. The molecule has 1 aromatic rings. The minimum absolute atomic E-state index is 0. The Morgan fingerprint density at radius 2 is 2.38 bits per heavy atom. The number of hydrogen-bond donors (Lipinski definition) is 0. The first kappa shape index (κ1) is 8.65. The predicted molar refractivity (Wildman–Crippen MR) is 35.4 cm³/mol. The molecule has 0 aliphatic heterocycles. The average Bonchev–Trinajstić information content (AvgIpc) is 2.14. The van der Waals surface area contributed by atoms with Crippen molar-refractivity contribution in [2.75, 3.05) is 0 Å². The van der Waals surface area contributed by atoms with Crippen LogP contribution in [0.5, 0.6) is 0 Å². The van der Waals surface area contributed by atoms with Gasteiger partial charge in [0, 0.05) is 0 Å². The summed E-state index contributed by atoms with van der Waals surface area (Å²) in [5.41, 5.74) is 0. The molecule has 1 heterocycles. The van der Waals surface area contributed by atoms with E-state index in [9.17, 15) is 0 Å². The van der Waals surface area contributed by atoms with Gasteiger partial charge in [-0.05, 0) is 10.3 Å². The standard InChI is InChI=1S/C5H6S2.Li/c6-4-5-2-1-3-7-5;/h1-3,6H,4H2;/q;+1/p-1. The summed E-state index contributed by atoms with van der Waals surface area (Å²) in [4.78, 5) is 1.29. The van der Waals surface area contributed by atoms with E-state index in [0.29, 0.717) is 0 Å². The minimum Gasteiger partial charge on any atom is -0.787 e. The van der Waals surface area contributed by atoms with Crippen LogP contribution >= 0.6 is 11.3 Å². The smallest absolute Gasteiger partial charge is 0.787 e. The third kappa shape index (κ3) is 2.28. The monoisotopic (exact) mass is 136 g/mol. The van der Waals surface area contributed by atoms with Crippen LogP contribution in [0.1, 0.15) is 4.88 Å². The van der Waals surface area contributed by atoms with Crippen molar-refractivity contribution in [2.45, 2.75) is 5.75 Å². The first-order chi connectivity index (χ1) is 3.43. The Morgan fingerprint density at radius 3 is 2.62 bits per heavy atom. The fourth-order valence-electron chi connectivity index (χ4n) is 0.395. The maximum atomic E-state index is 4.78. The van der Waals surface area contributed by atoms with E-state index in [4.69, 9.17) is 12.6 Å². The molecule has 0 radical (unpaired) electrons. The quantitative estimate of drug-likeness (QED) is 0.345. The summed E-state index contributed by atoms with van der Waals surface area (Å²) < 4.78 is 0. The van der Waals surface area contributed by atoms with E-state index < -0.39 is 0 Å². The Kier molecular flexibility index (Phi) is 4.88. The molecule has 0 atom stereocenters. The van der Waals surface area contributed by atoms with Crippen LogP contribution in [0.25, 0.3) is 0 Å². The Balaban J connectivity index is 0.000000490. The van der Waals surface area contributed by atoms with Crippen LogP contribution in [0.3, 0.4) is 0 Å². The van der Waals surface area contributed by atoms with E-state index in [1.165, 1.54) is 4.88 Å². The molecule has 0 bridgehead atoms. The van der Waals surface area contributed by atoms with E-state index in [-0.39, 0.29) is 18.9 Å². The zero-order chi connectivity index (χ0) is 5.11. The van der Waals surface area contributed by atoms with Crippen LogP contribution in [-0.2, 0) is 18.4 Å². The van der Waals surface area contributed by atoms with Crippen LogP contribution in [0.2, 0.25) is 0 Å². The van der Waals surface area contributed by atoms with Gasteiger partial charge in [0.15, 0.2) is 0 Å². The fraction of sp³-hybridized carbons (Fsp3) is 0.200. The normalized spacial score (nSPS) is 8.12. The zero-order valence-corrected chi connectivity index (χ0v) is 6.39. The molecule has 0 aliphatic rings. The number of hydrogen-bond acceptors (Lipinski definition) is 2. The molecule has 0 N–H and O–H groups in total. The molecule has 0 unspecified atom stereocenters. The van der Waals surface area contributed by atoms with Gasteiger partial charge in [0.2, 0.25) is 0 Å². The Bertz CT molecular complexity index is 125. The minimum atomic E-state index is 0. The molecular weight excluding hydrogens is 131 g/mol. The molecule has 0 spiro atoms. The molecule has 1 aromatic heterocycles. The van der Waals surface area contributed by atoms with Gasteiger partial charge < -0.3 is 12.6 Å². The number of thiophene rings is 1. The molecule has 1 rings (SSSR count). The van der Waals surface area contributed by atoms with Gasteiger partial charge in [0.25, 0.3) is 0 Å². The summed E-state index contributed by atoms with van der Waals surface area (Å²) in [5, 5.41) is 2.04. The van der Waals surface area contributed by atoms with E-state index in [1.807, 2.05) is 11.4 Å². The van der Waals surface area contributed by atoms with Gasteiger partial charge in [-0.1, -0.05) is 12.1 Å². The van der Waals surface area contributed by atoms with E-state index in [2.05, 4.69) is 6.07 Å².